The molecular formula is C22H25NO6S. The fourth-order valence-corrected chi connectivity index (χ4v) is 5.48. The predicted molar refractivity (Wildman–Crippen MR) is 111 cm³/mol. The third-order valence-electron chi connectivity index (χ3n) is 5.70. The largest absolute Gasteiger partial charge is 0.497 e. The second-order valence-electron chi connectivity index (χ2n) is 7.56. The van der Waals surface area contributed by atoms with Crippen LogP contribution in [0.1, 0.15) is 36.5 Å². The molecule has 4 rings (SSSR count). The van der Waals surface area contributed by atoms with Crippen LogP contribution < -0.4 is 14.2 Å². The van der Waals surface area contributed by atoms with Gasteiger partial charge in [-0.25, -0.2) is 8.42 Å². The summed E-state index contributed by atoms with van der Waals surface area (Å²) in [5.41, 5.74) is -0.132. The molecule has 2 aliphatic rings. The highest BCUT2D eigenvalue weighted by molar-refractivity contribution is 7.89. The maximum Gasteiger partial charge on any atom is 0.243 e. The van der Waals surface area contributed by atoms with Crippen LogP contribution in [0.2, 0.25) is 0 Å². The highest BCUT2D eigenvalue weighted by atomic mass is 32.2. The zero-order chi connectivity index (χ0) is 21.4. The molecule has 0 aliphatic carbocycles. The molecule has 1 fully saturated rings. The summed E-state index contributed by atoms with van der Waals surface area (Å²) in [4.78, 5) is 12.9. The number of benzene rings is 2. The third kappa shape index (κ3) is 3.77. The van der Waals surface area contributed by atoms with E-state index >= 15 is 0 Å². The van der Waals surface area contributed by atoms with Gasteiger partial charge in [0.1, 0.15) is 22.8 Å². The Bertz CT molecular complexity index is 1040. The van der Waals surface area contributed by atoms with Crippen molar-refractivity contribution >= 4 is 15.8 Å². The van der Waals surface area contributed by atoms with Gasteiger partial charge in [-0.1, -0.05) is 0 Å². The first kappa shape index (κ1) is 20.7. The molecule has 0 saturated carbocycles. The van der Waals surface area contributed by atoms with Crippen molar-refractivity contribution in [3.63, 3.8) is 0 Å². The van der Waals surface area contributed by atoms with Crippen LogP contribution >= 0.6 is 0 Å². The molecule has 7 nitrogen and oxygen atoms in total. The van der Waals surface area contributed by atoms with Gasteiger partial charge in [-0.05, 0) is 43.3 Å². The van der Waals surface area contributed by atoms with E-state index in [1.54, 1.807) is 49.6 Å². The number of ether oxygens (including phenoxy) is 3. The normalized spacial score (nSPS) is 18.5. The lowest BCUT2D eigenvalue weighted by Gasteiger charge is -2.43. The Morgan fingerprint density at radius 2 is 1.73 bits per heavy atom. The molecule has 1 spiro atoms. The van der Waals surface area contributed by atoms with Crippen molar-refractivity contribution in [3.05, 3.63) is 48.0 Å². The van der Waals surface area contributed by atoms with Crippen LogP contribution in [0.5, 0.6) is 17.2 Å². The van der Waals surface area contributed by atoms with Gasteiger partial charge in [0.15, 0.2) is 5.78 Å². The van der Waals surface area contributed by atoms with Gasteiger partial charge in [0.2, 0.25) is 10.0 Å². The molecule has 0 atom stereocenters. The zero-order valence-corrected chi connectivity index (χ0v) is 17.9. The number of rotatable bonds is 5. The number of fused-ring (bicyclic) bond motifs is 1. The van der Waals surface area contributed by atoms with Crippen molar-refractivity contribution in [2.24, 2.45) is 0 Å². The van der Waals surface area contributed by atoms with E-state index in [2.05, 4.69) is 0 Å². The molecule has 2 aromatic carbocycles. The molecular weight excluding hydrogens is 406 g/mol. The Balaban J connectivity index is 1.49. The van der Waals surface area contributed by atoms with Gasteiger partial charge in [-0.3, -0.25) is 4.79 Å². The van der Waals surface area contributed by atoms with Gasteiger partial charge in [0.05, 0.1) is 30.6 Å². The van der Waals surface area contributed by atoms with Gasteiger partial charge < -0.3 is 14.2 Å². The fraction of sp³-hybridized carbons (Fsp3) is 0.409. The van der Waals surface area contributed by atoms with E-state index in [1.807, 2.05) is 6.92 Å². The number of ketones is 1. The van der Waals surface area contributed by atoms with Gasteiger partial charge >= 0.3 is 0 Å². The topological polar surface area (TPSA) is 82.1 Å². The summed E-state index contributed by atoms with van der Waals surface area (Å²) in [6.07, 6.45) is 1.15. The first-order chi connectivity index (χ1) is 14.4. The zero-order valence-electron chi connectivity index (χ0n) is 17.1. The van der Waals surface area contributed by atoms with E-state index in [4.69, 9.17) is 14.2 Å². The van der Waals surface area contributed by atoms with E-state index in [0.717, 1.165) is 0 Å². The van der Waals surface area contributed by atoms with E-state index in [-0.39, 0.29) is 17.1 Å². The number of carbonyl (C=O) groups excluding carboxylic acids is 1. The third-order valence-corrected chi connectivity index (χ3v) is 7.62. The van der Waals surface area contributed by atoms with Crippen molar-refractivity contribution < 1.29 is 27.4 Å². The minimum absolute atomic E-state index is 0.0155. The Hall–Kier alpha value is -2.58. The van der Waals surface area contributed by atoms with Crippen molar-refractivity contribution in [2.75, 3.05) is 26.8 Å². The molecule has 2 aromatic rings. The molecule has 160 valence electrons. The standard InChI is InChI=1S/C22H25NO6S/c1-3-28-16-4-7-18(8-5-16)30(25,26)23-12-10-22(11-13-23)15-20(24)19-9-6-17(27-2)14-21(19)29-22/h4-9,14H,3,10-13,15H2,1-2H3. The maximum atomic E-state index is 13.0. The van der Waals surface area contributed by atoms with Gasteiger partial charge in [-0.2, -0.15) is 4.31 Å². The average Bonchev–Trinajstić information content (AvgIpc) is 2.74. The molecule has 8 heteroatoms. The quantitative estimate of drug-likeness (QED) is 0.723. The lowest BCUT2D eigenvalue weighted by atomic mass is 9.83. The van der Waals surface area contributed by atoms with Crippen LogP contribution in [-0.4, -0.2) is 50.9 Å². The molecule has 0 unspecified atom stereocenters. The minimum Gasteiger partial charge on any atom is -0.497 e. The summed E-state index contributed by atoms with van der Waals surface area (Å²) in [5.74, 6) is 1.78. The maximum absolute atomic E-state index is 13.0. The predicted octanol–water partition coefficient (Wildman–Crippen LogP) is 3.28. The highest BCUT2D eigenvalue weighted by Gasteiger charge is 2.45. The fourth-order valence-electron chi connectivity index (χ4n) is 4.04. The summed E-state index contributed by atoms with van der Waals surface area (Å²) in [5, 5.41) is 0. The Morgan fingerprint density at radius 3 is 2.37 bits per heavy atom. The number of sulfonamides is 1. The monoisotopic (exact) mass is 431 g/mol. The van der Waals surface area contributed by atoms with E-state index < -0.39 is 15.6 Å². The lowest BCUT2D eigenvalue weighted by Crippen LogP contribution is -2.52. The number of methoxy groups -OCH3 is 1. The van der Waals surface area contributed by atoms with Crippen molar-refractivity contribution in [2.45, 2.75) is 36.7 Å². The van der Waals surface area contributed by atoms with Crippen LogP contribution in [0.4, 0.5) is 0 Å². The Kier molecular flexibility index (Phi) is 5.46. The molecule has 0 bridgehead atoms. The molecule has 2 aliphatic heterocycles. The molecule has 0 radical (unpaired) electrons. The van der Waals surface area contributed by atoms with Crippen molar-refractivity contribution in [3.8, 4) is 17.2 Å². The van der Waals surface area contributed by atoms with Crippen LogP contribution in [-0.2, 0) is 10.0 Å². The molecule has 2 heterocycles. The van der Waals surface area contributed by atoms with Crippen LogP contribution in [0, 0.1) is 0 Å². The SMILES string of the molecule is CCOc1ccc(S(=O)(=O)N2CCC3(CC2)CC(=O)c2ccc(OC)cc2O3)cc1. The first-order valence-electron chi connectivity index (χ1n) is 10.0. The first-order valence-corrected chi connectivity index (χ1v) is 11.4. The number of carbonyl (C=O) groups is 1. The summed E-state index contributed by atoms with van der Waals surface area (Å²) >= 11 is 0. The molecule has 30 heavy (non-hydrogen) atoms. The summed E-state index contributed by atoms with van der Waals surface area (Å²) in [6.45, 7) is 2.99. The number of hydrogen-bond donors (Lipinski definition) is 0. The summed E-state index contributed by atoms with van der Waals surface area (Å²) in [6, 6.07) is 11.6. The Labute approximate surface area is 176 Å². The second kappa shape index (κ2) is 7.92. The van der Waals surface area contributed by atoms with Gasteiger partial charge in [0, 0.05) is 32.0 Å². The van der Waals surface area contributed by atoms with E-state index in [0.29, 0.717) is 55.4 Å². The number of piperidine rings is 1. The number of Topliss-reactive ketones (excluding diaryl/α,β-unsaturated/α-hetero) is 1. The second-order valence-corrected chi connectivity index (χ2v) is 9.49. The number of nitrogens with zero attached hydrogens (tertiary/aromatic N) is 1. The molecule has 1 saturated heterocycles. The molecule has 0 aromatic heterocycles. The van der Waals surface area contributed by atoms with Gasteiger partial charge in [0.25, 0.3) is 0 Å². The molecule has 0 amide bonds. The van der Waals surface area contributed by atoms with E-state index in [9.17, 15) is 13.2 Å². The van der Waals surface area contributed by atoms with Gasteiger partial charge in [-0.15, -0.1) is 0 Å². The Morgan fingerprint density at radius 1 is 1.07 bits per heavy atom. The van der Waals surface area contributed by atoms with Crippen LogP contribution in [0.3, 0.4) is 0 Å². The summed E-state index contributed by atoms with van der Waals surface area (Å²) in [7, 11) is -2.05. The smallest absolute Gasteiger partial charge is 0.243 e. The highest BCUT2D eigenvalue weighted by Crippen LogP contribution is 2.41. The minimum atomic E-state index is -3.62. The molecule has 0 N–H and O–H groups in total. The summed E-state index contributed by atoms with van der Waals surface area (Å²) < 4.78 is 44.4. The van der Waals surface area contributed by atoms with Crippen molar-refractivity contribution in [1.29, 1.82) is 0 Å². The van der Waals surface area contributed by atoms with Crippen LogP contribution in [0.25, 0.3) is 0 Å². The number of hydrogen-bond acceptors (Lipinski definition) is 6. The van der Waals surface area contributed by atoms with E-state index in [1.165, 1.54) is 4.31 Å². The lowest BCUT2D eigenvalue weighted by molar-refractivity contribution is 0.00578. The van der Waals surface area contributed by atoms with Crippen LogP contribution in [0.15, 0.2) is 47.4 Å². The van der Waals surface area contributed by atoms with Crippen molar-refractivity contribution in [1.82, 2.24) is 4.31 Å². The average molecular weight is 432 g/mol.